The Morgan fingerprint density at radius 2 is 1.92 bits per heavy atom. The van der Waals surface area contributed by atoms with Gasteiger partial charge in [-0.3, -0.25) is 5.32 Å². The fourth-order valence-corrected chi connectivity index (χ4v) is 3.84. The number of aryl methyl sites for hydroxylation is 3. The first kappa shape index (κ1) is 16.1. The van der Waals surface area contributed by atoms with E-state index >= 15 is 0 Å². The lowest BCUT2D eigenvalue weighted by atomic mass is 10.1. The number of rotatable bonds is 5. The Morgan fingerprint density at radius 3 is 2.76 bits per heavy atom. The van der Waals surface area contributed by atoms with Crippen molar-refractivity contribution in [2.45, 2.75) is 40.0 Å². The van der Waals surface area contributed by atoms with Crippen molar-refractivity contribution in [3.63, 3.8) is 0 Å². The Hall–Kier alpha value is -2.40. The molecular weight excluding hydrogens is 330 g/mol. The average Bonchev–Trinajstić information content (AvgIpc) is 3.19. The summed E-state index contributed by atoms with van der Waals surface area (Å²) < 4.78 is 7.09. The minimum absolute atomic E-state index is 0.494. The van der Waals surface area contributed by atoms with E-state index in [0.717, 1.165) is 33.7 Å². The van der Waals surface area contributed by atoms with Gasteiger partial charge in [-0.2, -0.15) is 4.98 Å². The quantitative estimate of drug-likeness (QED) is 0.469. The number of anilines is 2. The maximum atomic E-state index is 5.90. The lowest BCUT2D eigenvalue weighted by Gasteiger charge is -1.98. The molecule has 1 N–H and O–H groups in total. The highest BCUT2D eigenvalue weighted by molar-refractivity contribution is 7.22. The standard InChI is InChI=1S/C20H21N3OS/c1-4-5-6-14-8-10-15-17(11-14)25-20(22-15)23-19-21-16-9-7-12(2)13(3)18(16)24-19/h7-11H,4-6H2,1-3H3,(H,21,22,23). The molecule has 0 saturated heterocycles. The number of hydrogen-bond acceptors (Lipinski definition) is 5. The number of aromatic nitrogens is 2. The van der Waals surface area contributed by atoms with E-state index in [1.165, 1.54) is 28.7 Å². The van der Waals surface area contributed by atoms with E-state index < -0.39 is 0 Å². The highest BCUT2D eigenvalue weighted by Gasteiger charge is 2.12. The molecule has 0 spiro atoms. The predicted molar refractivity (Wildman–Crippen MR) is 105 cm³/mol. The van der Waals surface area contributed by atoms with Gasteiger partial charge in [0, 0.05) is 0 Å². The Labute approximate surface area is 150 Å². The maximum Gasteiger partial charge on any atom is 0.302 e. The van der Waals surface area contributed by atoms with Gasteiger partial charge >= 0.3 is 6.01 Å². The summed E-state index contributed by atoms with van der Waals surface area (Å²) in [6.45, 7) is 6.35. The number of oxazole rings is 1. The van der Waals surface area contributed by atoms with Gasteiger partial charge in [-0.1, -0.05) is 36.8 Å². The third-order valence-electron chi connectivity index (χ3n) is 4.56. The molecule has 0 unspecified atom stereocenters. The fourth-order valence-electron chi connectivity index (χ4n) is 2.93. The normalized spacial score (nSPS) is 11.5. The molecule has 0 fully saturated rings. The van der Waals surface area contributed by atoms with Gasteiger partial charge in [0.25, 0.3) is 0 Å². The largest absolute Gasteiger partial charge is 0.423 e. The molecule has 0 saturated carbocycles. The van der Waals surface area contributed by atoms with E-state index in [4.69, 9.17) is 4.42 Å². The highest BCUT2D eigenvalue weighted by Crippen LogP contribution is 2.31. The van der Waals surface area contributed by atoms with Crippen LogP contribution in [0.1, 0.15) is 36.5 Å². The van der Waals surface area contributed by atoms with Crippen molar-refractivity contribution in [1.29, 1.82) is 0 Å². The summed E-state index contributed by atoms with van der Waals surface area (Å²) in [5, 5.41) is 4.03. The molecule has 0 amide bonds. The molecule has 0 atom stereocenters. The lowest BCUT2D eigenvalue weighted by molar-refractivity contribution is 0.620. The summed E-state index contributed by atoms with van der Waals surface area (Å²) in [6, 6.07) is 11.1. The van der Waals surface area contributed by atoms with Gasteiger partial charge in [-0.15, -0.1) is 0 Å². The van der Waals surface area contributed by atoms with Crippen LogP contribution < -0.4 is 5.32 Å². The van der Waals surface area contributed by atoms with E-state index in [-0.39, 0.29) is 0 Å². The van der Waals surface area contributed by atoms with Crippen molar-refractivity contribution < 1.29 is 4.42 Å². The SMILES string of the molecule is CCCCc1ccc2nc(Nc3nc4ccc(C)c(C)c4o3)sc2c1. The van der Waals surface area contributed by atoms with Gasteiger partial charge in [0.1, 0.15) is 5.52 Å². The van der Waals surface area contributed by atoms with Crippen LogP contribution in [0.2, 0.25) is 0 Å². The second-order valence-electron chi connectivity index (χ2n) is 6.42. The van der Waals surface area contributed by atoms with Crippen molar-refractivity contribution in [2.75, 3.05) is 5.32 Å². The van der Waals surface area contributed by atoms with E-state index in [1.54, 1.807) is 11.3 Å². The minimum atomic E-state index is 0.494. The summed E-state index contributed by atoms with van der Waals surface area (Å²) in [5.74, 6) is 0. The molecule has 0 aliphatic carbocycles. The van der Waals surface area contributed by atoms with E-state index in [1.807, 2.05) is 6.07 Å². The number of benzene rings is 2. The van der Waals surface area contributed by atoms with Crippen LogP contribution in [0.4, 0.5) is 11.1 Å². The lowest BCUT2D eigenvalue weighted by Crippen LogP contribution is -1.88. The Kier molecular flexibility index (Phi) is 4.17. The molecule has 0 radical (unpaired) electrons. The van der Waals surface area contributed by atoms with Crippen LogP contribution in [0.15, 0.2) is 34.7 Å². The molecular formula is C20H21N3OS. The number of fused-ring (bicyclic) bond motifs is 2. The number of thiazole rings is 1. The second kappa shape index (κ2) is 6.48. The molecule has 4 nitrogen and oxygen atoms in total. The predicted octanol–water partition coefficient (Wildman–Crippen LogP) is 6.14. The molecule has 0 bridgehead atoms. The van der Waals surface area contributed by atoms with E-state index in [0.29, 0.717) is 6.01 Å². The van der Waals surface area contributed by atoms with Gasteiger partial charge < -0.3 is 4.42 Å². The van der Waals surface area contributed by atoms with Crippen LogP contribution >= 0.6 is 11.3 Å². The zero-order valence-corrected chi connectivity index (χ0v) is 15.5. The monoisotopic (exact) mass is 351 g/mol. The first-order valence-electron chi connectivity index (χ1n) is 8.67. The number of nitrogens with one attached hydrogen (secondary N) is 1. The fraction of sp³-hybridized carbons (Fsp3) is 0.300. The molecule has 4 aromatic rings. The summed E-state index contributed by atoms with van der Waals surface area (Å²) in [4.78, 5) is 9.17. The van der Waals surface area contributed by atoms with Crippen LogP contribution in [0.25, 0.3) is 21.3 Å². The third-order valence-corrected chi connectivity index (χ3v) is 5.50. The molecule has 5 heteroatoms. The van der Waals surface area contributed by atoms with E-state index in [9.17, 15) is 0 Å². The topological polar surface area (TPSA) is 51.0 Å². The van der Waals surface area contributed by atoms with Crippen LogP contribution in [0, 0.1) is 13.8 Å². The first-order chi connectivity index (χ1) is 12.1. The van der Waals surface area contributed by atoms with Crippen molar-refractivity contribution in [3.05, 3.63) is 47.0 Å². The van der Waals surface area contributed by atoms with Gasteiger partial charge in [-0.05, 0) is 61.6 Å². The zero-order valence-electron chi connectivity index (χ0n) is 14.7. The van der Waals surface area contributed by atoms with Crippen LogP contribution in [-0.2, 0) is 6.42 Å². The first-order valence-corrected chi connectivity index (χ1v) is 9.49. The summed E-state index contributed by atoms with van der Waals surface area (Å²) in [6.07, 6.45) is 3.55. The summed E-state index contributed by atoms with van der Waals surface area (Å²) >= 11 is 1.63. The van der Waals surface area contributed by atoms with Crippen molar-refractivity contribution in [1.82, 2.24) is 9.97 Å². The third kappa shape index (κ3) is 3.12. The molecule has 0 aliphatic heterocycles. The summed E-state index contributed by atoms with van der Waals surface area (Å²) in [5.41, 5.74) is 6.42. The van der Waals surface area contributed by atoms with Crippen LogP contribution in [-0.4, -0.2) is 9.97 Å². The zero-order chi connectivity index (χ0) is 17.4. The maximum absolute atomic E-state index is 5.90. The van der Waals surface area contributed by atoms with Crippen LogP contribution in [0.3, 0.4) is 0 Å². The van der Waals surface area contributed by atoms with Gasteiger partial charge in [0.05, 0.1) is 10.2 Å². The molecule has 2 heterocycles. The van der Waals surface area contributed by atoms with Crippen molar-refractivity contribution in [2.24, 2.45) is 0 Å². The molecule has 0 aliphatic rings. The number of unbranched alkanes of at least 4 members (excludes halogenated alkanes) is 1. The average molecular weight is 351 g/mol. The molecule has 2 aromatic heterocycles. The highest BCUT2D eigenvalue weighted by atomic mass is 32.1. The molecule has 4 rings (SSSR count). The molecule has 128 valence electrons. The molecule has 2 aromatic carbocycles. The summed E-state index contributed by atoms with van der Waals surface area (Å²) in [7, 11) is 0. The van der Waals surface area contributed by atoms with Gasteiger partial charge in [0.15, 0.2) is 10.7 Å². The van der Waals surface area contributed by atoms with E-state index in [2.05, 4.69) is 60.3 Å². The Morgan fingerprint density at radius 1 is 1.08 bits per heavy atom. The van der Waals surface area contributed by atoms with Gasteiger partial charge in [-0.25, -0.2) is 4.98 Å². The van der Waals surface area contributed by atoms with Crippen LogP contribution in [0.5, 0.6) is 0 Å². The number of nitrogens with zero attached hydrogens (tertiary/aromatic N) is 2. The molecule has 25 heavy (non-hydrogen) atoms. The minimum Gasteiger partial charge on any atom is -0.423 e. The number of hydrogen-bond donors (Lipinski definition) is 1. The van der Waals surface area contributed by atoms with Crippen molar-refractivity contribution >= 4 is 43.8 Å². The Balaban J connectivity index is 1.63. The smallest absolute Gasteiger partial charge is 0.302 e. The Bertz CT molecular complexity index is 1050. The van der Waals surface area contributed by atoms with Gasteiger partial charge in [0.2, 0.25) is 0 Å². The van der Waals surface area contributed by atoms with Crippen molar-refractivity contribution in [3.8, 4) is 0 Å². The second-order valence-corrected chi connectivity index (χ2v) is 7.46.